The second kappa shape index (κ2) is 4.66. The summed E-state index contributed by atoms with van der Waals surface area (Å²) in [5.41, 5.74) is 0.732. The van der Waals surface area contributed by atoms with Crippen molar-refractivity contribution in [2.75, 3.05) is 0 Å². The minimum atomic E-state index is -0.647. The molecule has 92 valence electrons. The molecule has 2 rings (SSSR count). The Kier molecular flexibility index (Phi) is 3.05. The van der Waals surface area contributed by atoms with Crippen LogP contribution < -0.4 is 0 Å². The fraction of sp³-hybridized carbons (Fsp3) is 0.0909. The van der Waals surface area contributed by atoms with Crippen LogP contribution in [0, 0.1) is 20.2 Å². The summed E-state index contributed by atoms with van der Waals surface area (Å²) in [5, 5.41) is 21.5. The third-order valence-corrected chi connectivity index (χ3v) is 2.52. The Bertz CT molecular complexity index is 592. The van der Waals surface area contributed by atoms with Gasteiger partial charge in [0.1, 0.15) is 0 Å². The third-order valence-electron chi connectivity index (χ3n) is 2.52. The SMILES string of the molecule is O=[N+]([O-])c1ccc(Cc2ccc[nH]2)c([N+](=O)[O-])c1. The number of nitrogens with one attached hydrogen (secondary N) is 1. The highest BCUT2D eigenvalue weighted by Crippen LogP contribution is 2.26. The molecule has 0 saturated heterocycles. The molecule has 1 aromatic heterocycles. The molecule has 18 heavy (non-hydrogen) atoms. The normalized spacial score (nSPS) is 10.2. The van der Waals surface area contributed by atoms with Gasteiger partial charge in [-0.1, -0.05) is 0 Å². The Morgan fingerprint density at radius 1 is 1.11 bits per heavy atom. The van der Waals surface area contributed by atoms with Crippen molar-refractivity contribution in [2.45, 2.75) is 6.42 Å². The molecule has 0 aliphatic heterocycles. The van der Waals surface area contributed by atoms with Crippen LogP contribution in [0.25, 0.3) is 0 Å². The fourth-order valence-corrected chi connectivity index (χ4v) is 1.67. The van der Waals surface area contributed by atoms with E-state index >= 15 is 0 Å². The number of non-ortho nitro benzene ring substituents is 1. The molecule has 0 radical (unpaired) electrons. The summed E-state index contributed by atoms with van der Waals surface area (Å²) in [4.78, 5) is 23.2. The standard InChI is InChI=1S/C11H9N3O4/c15-13(16)10-4-3-8(11(7-10)14(17)18)6-9-2-1-5-12-9/h1-5,7,12H,6H2. The number of hydrogen-bond donors (Lipinski definition) is 1. The summed E-state index contributed by atoms with van der Waals surface area (Å²) in [6.45, 7) is 0. The van der Waals surface area contributed by atoms with Crippen molar-refractivity contribution in [1.29, 1.82) is 0 Å². The molecule has 2 aromatic rings. The van der Waals surface area contributed by atoms with Gasteiger partial charge in [-0.15, -0.1) is 0 Å². The Balaban J connectivity index is 2.40. The van der Waals surface area contributed by atoms with Crippen LogP contribution in [0.2, 0.25) is 0 Å². The molecule has 0 saturated carbocycles. The molecule has 1 heterocycles. The molecule has 0 aliphatic rings. The van der Waals surface area contributed by atoms with Crippen LogP contribution in [-0.4, -0.2) is 14.8 Å². The van der Waals surface area contributed by atoms with Gasteiger partial charge in [0.25, 0.3) is 11.4 Å². The van der Waals surface area contributed by atoms with Crippen molar-refractivity contribution >= 4 is 11.4 Å². The second-order valence-electron chi connectivity index (χ2n) is 3.70. The largest absolute Gasteiger partial charge is 0.365 e. The summed E-state index contributed by atoms with van der Waals surface area (Å²) in [7, 11) is 0. The zero-order valence-corrected chi connectivity index (χ0v) is 9.20. The van der Waals surface area contributed by atoms with E-state index < -0.39 is 9.85 Å². The van der Waals surface area contributed by atoms with Crippen LogP contribution in [0.4, 0.5) is 11.4 Å². The Morgan fingerprint density at radius 3 is 2.44 bits per heavy atom. The molecule has 0 atom stereocenters. The van der Waals surface area contributed by atoms with Gasteiger partial charge in [-0.25, -0.2) is 0 Å². The lowest BCUT2D eigenvalue weighted by atomic mass is 10.1. The molecule has 1 aromatic carbocycles. The molecule has 0 amide bonds. The van der Waals surface area contributed by atoms with Gasteiger partial charge >= 0.3 is 0 Å². The van der Waals surface area contributed by atoms with Crippen LogP contribution in [0.15, 0.2) is 36.5 Å². The predicted octanol–water partition coefficient (Wildman–Crippen LogP) is 2.42. The Hall–Kier alpha value is -2.70. The van der Waals surface area contributed by atoms with Gasteiger partial charge in [0.05, 0.1) is 15.9 Å². The number of H-pyrrole nitrogens is 1. The topological polar surface area (TPSA) is 102 Å². The van der Waals surface area contributed by atoms with Gasteiger partial charge in [-0.05, 0) is 18.2 Å². The second-order valence-corrected chi connectivity index (χ2v) is 3.70. The van der Waals surface area contributed by atoms with Crippen LogP contribution in [0.3, 0.4) is 0 Å². The van der Waals surface area contributed by atoms with Gasteiger partial charge in [0.2, 0.25) is 0 Å². The van der Waals surface area contributed by atoms with Crippen molar-refractivity contribution < 1.29 is 9.85 Å². The van der Waals surface area contributed by atoms with E-state index in [2.05, 4.69) is 4.98 Å². The van der Waals surface area contributed by atoms with E-state index in [1.807, 2.05) is 0 Å². The quantitative estimate of drug-likeness (QED) is 0.661. The number of aromatic amines is 1. The van der Waals surface area contributed by atoms with Crippen molar-refractivity contribution in [3.63, 3.8) is 0 Å². The van der Waals surface area contributed by atoms with Gasteiger partial charge in [-0.3, -0.25) is 20.2 Å². The predicted molar refractivity (Wildman–Crippen MR) is 63.3 cm³/mol. The minimum Gasteiger partial charge on any atom is -0.365 e. The maximum absolute atomic E-state index is 10.9. The molecular weight excluding hydrogens is 238 g/mol. The first kappa shape index (κ1) is 11.8. The highest BCUT2D eigenvalue weighted by atomic mass is 16.6. The summed E-state index contributed by atoms with van der Waals surface area (Å²) in [6.07, 6.45) is 2.05. The number of aromatic nitrogens is 1. The lowest BCUT2D eigenvalue weighted by molar-refractivity contribution is -0.394. The molecule has 0 bridgehead atoms. The summed E-state index contributed by atoms with van der Waals surface area (Å²) in [5.74, 6) is 0. The number of rotatable bonds is 4. The molecule has 0 aliphatic carbocycles. The Morgan fingerprint density at radius 2 is 1.89 bits per heavy atom. The first-order valence-corrected chi connectivity index (χ1v) is 5.12. The zero-order valence-electron chi connectivity index (χ0n) is 9.20. The van der Waals surface area contributed by atoms with E-state index in [9.17, 15) is 20.2 Å². The number of nitrogens with zero attached hydrogens (tertiary/aromatic N) is 2. The van der Waals surface area contributed by atoms with Crippen molar-refractivity contribution in [3.05, 3.63) is 68.0 Å². The number of nitro benzene ring substituents is 2. The van der Waals surface area contributed by atoms with Crippen molar-refractivity contribution in [1.82, 2.24) is 4.98 Å². The van der Waals surface area contributed by atoms with Gasteiger partial charge in [-0.2, -0.15) is 0 Å². The van der Waals surface area contributed by atoms with Crippen LogP contribution in [0.5, 0.6) is 0 Å². The lowest BCUT2D eigenvalue weighted by Gasteiger charge is -2.01. The minimum absolute atomic E-state index is 0.237. The molecule has 7 heteroatoms. The van der Waals surface area contributed by atoms with Crippen molar-refractivity contribution in [3.8, 4) is 0 Å². The van der Waals surface area contributed by atoms with Gasteiger partial charge < -0.3 is 4.98 Å². The molecular formula is C11H9N3O4. The van der Waals surface area contributed by atoms with Gasteiger partial charge in [0, 0.05) is 29.9 Å². The summed E-state index contributed by atoms with van der Waals surface area (Å²) >= 11 is 0. The summed E-state index contributed by atoms with van der Waals surface area (Å²) in [6, 6.07) is 7.25. The molecule has 0 unspecified atom stereocenters. The van der Waals surface area contributed by atoms with Crippen molar-refractivity contribution in [2.24, 2.45) is 0 Å². The van der Waals surface area contributed by atoms with E-state index in [0.717, 1.165) is 11.8 Å². The maximum Gasteiger partial charge on any atom is 0.279 e. The molecule has 0 spiro atoms. The van der Waals surface area contributed by atoms with E-state index in [-0.39, 0.29) is 11.4 Å². The fourth-order valence-electron chi connectivity index (χ4n) is 1.67. The molecule has 1 N–H and O–H groups in total. The average Bonchev–Trinajstić information content (AvgIpc) is 2.81. The highest BCUT2D eigenvalue weighted by Gasteiger charge is 2.19. The third kappa shape index (κ3) is 2.34. The molecule has 0 fully saturated rings. The van der Waals surface area contributed by atoms with Gasteiger partial charge in [0.15, 0.2) is 0 Å². The van der Waals surface area contributed by atoms with E-state index in [1.165, 1.54) is 12.1 Å². The Labute approximate surface area is 101 Å². The first-order chi connectivity index (χ1) is 8.58. The smallest absolute Gasteiger partial charge is 0.279 e. The van der Waals surface area contributed by atoms with E-state index in [1.54, 1.807) is 18.3 Å². The number of nitro groups is 2. The number of benzene rings is 1. The lowest BCUT2D eigenvalue weighted by Crippen LogP contribution is -1.99. The maximum atomic E-state index is 10.9. The first-order valence-electron chi connectivity index (χ1n) is 5.12. The zero-order chi connectivity index (χ0) is 13.1. The highest BCUT2D eigenvalue weighted by molar-refractivity contribution is 5.50. The van der Waals surface area contributed by atoms with E-state index in [4.69, 9.17) is 0 Å². The van der Waals surface area contributed by atoms with E-state index in [0.29, 0.717) is 12.0 Å². The van der Waals surface area contributed by atoms with Crippen LogP contribution in [-0.2, 0) is 6.42 Å². The monoisotopic (exact) mass is 247 g/mol. The van der Waals surface area contributed by atoms with Crippen LogP contribution >= 0.6 is 0 Å². The molecule has 7 nitrogen and oxygen atoms in total. The van der Waals surface area contributed by atoms with Crippen LogP contribution in [0.1, 0.15) is 11.3 Å². The number of hydrogen-bond acceptors (Lipinski definition) is 4. The summed E-state index contributed by atoms with van der Waals surface area (Å²) < 4.78 is 0. The average molecular weight is 247 g/mol.